The highest BCUT2D eigenvalue weighted by Gasteiger charge is 2.50. The first-order valence-corrected chi connectivity index (χ1v) is 9.71. The lowest BCUT2D eigenvalue weighted by Crippen LogP contribution is -2.45. The highest BCUT2D eigenvalue weighted by molar-refractivity contribution is 5.42. The van der Waals surface area contributed by atoms with Crippen molar-refractivity contribution in [1.29, 1.82) is 0 Å². The van der Waals surface area contributed by atoms with Crippen molar-refractivity contribution in [3.8, 4) is 5.75 Å². The summed E-state index contributed by atoms with van der Waals surface area (Å²) in [6, 6.07) is 16.8. The molecule has 4 rings (SSSR count). The predicted octanol–water partition coefficient (Wildman–Crippen LogP) is 4.94. The molecule has 2 aromatic carbocycles. The fourth-order valence-electron chi connectivity index (χ4n) is 4.14. The second kappa shape index (κ2) is 6.62. The summed E-state index contributed by atoms with van der Waals surface area (Å²) < 4.78 is 10.9. The number of rotatable bonds is 6. The van der Waals surface area contributed by atoms with Crippen LogP contribution in [0.2, 0.25) is 0 Å². The van der Waals surface area contributed by atoms with Crippen molar-refractivity contribution in [2.45, 2.75) is 57.9 Å². The molecule has 2 aliphatic rings. The zero-order chi connectivity index (χ0) is 19.2. The van der Waals surface area contributed by atoms with E-state index in [2.05, 4.69) is 76.1 Å². The zero-order valence-corrected chi connectivity index (χ0v) is 16.9. The standard InChI is InChI=1S/C23H29NO3/c1-16(17-10-12-18(13-11-17)25-14-19-15-26-19)27-24-22(2,3)20-8-6-7-9-21(20)23(24,4)5/h6-13,16,19H,14-15H2,1-5H3. The average Bonchev–Trinajstić information content (AvgIpc) is 3.46. The van der Waals surface area contributed by atoms with E-state index in [9.17, 15) is 0 Å². The van der Waals surface area contributed by atoms with Gasteiger partial charge in [0.1, 0.15) is 24.6 Å². The first-order chi connectivity index (χ1) is 12.8. The Balaban J connectivity index is 1.49. The number of benzene rings is 2. The maximum atomic E-state index is 6.53. The summed E-state index contributed by atoms with van der Waals surface area (Å²) in [5, 5.41) is 2.16. The van der Waals surface area contributed by atoms with Gasteiger partial charge in [0, 0.05) is 0 Å². The molecule has 0 aliphatic carbocycles. The van der Waals surface area contributed by atoms with Crippen molar-refractivity contribution in [1.82, 2.24) is 5.06 Å². The molecule has 0 radical (unpaired) electrons. The minimum absolute atomic E-state index is 0.0568. The summed E-state index contributed by atoms with van der Waals surface area (Å²) in [5.74, 6) is 0.871. The minimum atomic E-state index is -0.193. The van der Waals surface area contributed by atoms with Crippen LogP contribution in [0.25, 0.3) is 0 Å². The number of nitrogens with zero attached hydrogens (tertiary/aromatic N) is 1. The number of epoxide rings is 1. The summed E-state index contributed by atoms with van der Waals surface area (Å²) in [5.41, 5.74) is 3.40. The fraction of sp³-hybridized carbons (Fsp3) is 0.478. The van der Waals surface area contributed by atoms with Gasteiger partial charge in [0.05, 0.1) is 17.7 Å². The molecule has 0 spiro atoms. The largest absolute Gasteiger partial charge is 0.491 e. The van der Waals surface area contributed by atoms with Crippen molar-refractivity contribution >= 4 is 0 Å². The van der Waals surface area contributed by atoms with E-state index in [0.29, 0.717) is 6.61 Å². The van der Waals surface area contributed by atoms with Crippen LogP contribution in [-0.4, -0.2) is 24.4 Å². The fourth-order valence-corrected chi connectivity index (χ4v) is 4.14. The van der Waals surface area contributed by atoms with Gasteiger partial charge in [0.25, 0.3) is 0 Å². The summed E-state index contributed by atoms with van der Waals surface area (Å²) in [6.07, 6.45) is 0.215. The Morgan fingerprint density at radius 1 is 1.00 bits per heavy atom. The summed E-state index contributed by atoms with van der Waals surface area (Å²) in [4.78, 5) is 6.53. The quantitative estimate of drug-likeness (QED) is 0.677. The van der Waals surface area contributed by atoms with Gasteiger partial charge in [-0.05, 0) is 63.4 Å². The summed E-state index contributed by atoms with van der Waals surface area (Å²) in [6.45, 7) is 12.4. The second-order valence-corrected chi connectivity index (χ2v) is 8.54. The predicted molar refractivity (Wildman–Crippen MR) is 106 cm³/mol. The number of hydroxylamine groups is 2. The molecule has 2 atom stereocenters. The highest BCUT2D eigenvalue weighted by Crippen LogP contribution is 2.50. The van der Waals surface area contributed by atoms with Crippen molar-refractivity contribution in [2.75, 3.05) is 13.2 Å². The monoisotopic (exact) mass is 367 g/mol. The van der Waals surface area contributed by atoms with Crippen LogP contribution in [0.1, 0.15) is 57.4 Å². The molecule has 4 heteroatoms. The van der Waals surface area contributed by atoms with Gasteiger partial charge in [0.2, 0.25) is 0 Å². The van der Waals surface area contributed by atoms with Crippen LogP contribution >= 0.6 is 0 Å². The van der Waals surface area contributed by atoms with Gasteiger partial charge in [-0.1, -0.05) is 36.4 Å². The Bertz CT molecular complexity index is 774. The van der Waals surface area contributed by atoms with Crippen LogP contribution in [0.15, 0.2) is 48.5 Å². The maximum absolute atomic E-state index is 6.53. The van der Waals surface area contributed by atoms with Crippen molar-refractivity contribution in [2.24, 2.45) is 0 Å². The molecule has 0 amide bonds. The van der Waals surface area contributed by atoms with Crippen LogP contribution in [-0.2, 0) is 20.7 Å². The molecule has 1 saturated heterocycles. The van der Waals surface area contributed by atoms with Crippen molar-refractivity contribution in [3.05, 3.63) is 65.2 Å². The van der Waals surface area contributed by atoms with Gasteiger partial charge in [-0.3, -0.25) is 4.84 Å². The summed E-state index contributed by atoms with van der Waals surface area (Å²) >= 11 is 0. The molecular formula is C23H29NO3. The minimum Gasteiger partial charge on any atom is -0.491 e. The van der Waals surface area contributed by atoms with Gasteiger partial charge in [0.15, 0.2) is 0 Å². The van der Waals surface area contributed by atoms with Crippen molar-refractivity contribution in [3.63, 3.8) is 0 Å². The van der Waals surface area contributed by atoms with Gasteiger partial charge in [-0.15, -0.1) is 0 Å². The maximum Gasteiger partial charge on any atom is 0.119 e. The molecule has 1 fully saturated rings. The molecule has 2 aliphatic heterocycles. The average molecular weight is 367 g/mol. The Morgan fingerprint density at radius 2 is 1.56 bits per heavy atom. The third-order valence-corrected chi connectivity index (χ3v) is 5.71. The third kappa shape index (κ3) is 3.38. The first kappa shape index (κ1) is 18.5. The second-order valence-electron chi connectivity index (χ2n) is 8.54. The van der Waals surface area contributed by atoms with E-state index < -0.39 is 0 Å². The normalized spacial score (nSPS) is 23.7. The first-order valence-electron chi connectivity index (χ1n) is 9.71. The van der Waals surface area contributed by atoms with E-state index in [4.69, 9.17) is 14.3 Å². The molecule has 0 saturated carbocycles. The molecule has 0 bridgehead atoms. The molecule has 27 heavy (non-hydrogen) atoms. The molecule has 4 nitrogen and oxygen atoms in total. The Labute approximate surface area is 162 Å². The van der Waals surface area contributed by atoms with Crippen molar-refractivity contribution < 1.29 is 14.3 Å². The third-order valence-electron chi connectivity index (χ3n) is 5.71. The van der Waals surface area contributed by atoms with Crippen LogP contribution in [0.4, 0.5) is 0 Å². The van der Waals surface area contributed by atoms with E-state index in [1.807, 2.05) is 12.1 Å². The topological polar surface area (TPSA) is 34.2 Å². The van der Waals surface area contributed by atoms with Gasteiger partial charge < -0.3 is 9.47 Å². The lowest BCUT2D eigenvalue weighted by Gasteiger charge is -2.41. The summed E-state index contributed by atoms with van der Waals surface area (Å²) in [7, 11) is 0. The molecule has 0 aromatic heterocycles. The van der Waals surface area contributed by atoms with E-state index in [1.54, 1.807) is 0 Å². The number of hydrogen-bond donors (Lipinski definition) is 0. The van der Waals surface area contributed by atoms with E-state index in [-0.39, 0.29) is 23.3 Å². The van der Waals surface area contributed by atoms with Crippen LogP contribution in [0.5, 0.6) is 5.75 Å². The lowest BCUT2D eigenvalue weighted by atomic mass is 9.91. The number of hydrogen-bond acceptors (Lipinski definition) is 4. The number of fused-ring (bicyclic) bond motifs is 1. The molecule has 144 valence electrons. The number of ether oxygens (including phenoxy) is 2. The highest BCUT2D eigenvalue weighted by atomic mass is 16.7. The molecule has 2 aromatic rings. The lowest BCUT2D eigenvalue weighted by molar-refractivity contribution is -0.286. The SMILES string of the molecule is CC(ON1C(C)(C)c2ccccc2C1(C)C)c1ccc(OCC2CO2)cc1. The van der Waals surface area contributed by atoms with Crippen LogP contribution in [0, 0.1) is 0 Å². The van der Waals surface area contributed by atoms with Gasteiger partial charge in [-0.2, -0.15) is 5.06 Å². The van der Waals surface area contributed by atoms with Gasteiger partial charge in [-0.25, -0.2) is 0 Å². The Hall–Kier alpha value is -1.88. The van der Waals surface area contributed by atoms with E-state index in [0.717, 1.165) is 17.9 Å². The van der Waals surface area contributed by atoms with Gasteiger partial charge >= 0.3 is 0 Å². The molecule has 2 unspecified atom stereocenters. The van der Waals surface area contributed by atoms with Crippen LogP contribution in [0.3, 0.4) is 0 Å². The van der Waals surface area contributed by atoms with Crippen LogP contribution < -0.4 is 4.74 Å². The molecular weight excluding hydrogens is 338 g/mol. The smallest absolute Gasteiger partial charge is 0.119 e. The molecule has 2 heterocycles. The zero-order valence-electron chi connectivity index (χ0n) is 16.9. The van der Waals surface area contributed by atoms with E-state index in [1.165, 1.54) is 11.1 Å². The van der Waals surface area contributed by atoms with E-state index >= 15 is 0 Å². The Morgan fingerprint density at radius 3 is 2.07 bits per heavy atom. The Kier molecular flexibility index (Phi) is 4.53. The molecule has 0 N–H and O–H groups in total.